The van der Waals surface area contributed by atoms with Gasteiger partial charge in [0.05, 0.1) is 5.71 Å². The van der Waals surface area contributed by atoms with Gasteiger partial charge in [-0.3, -0.25) is 9.59 Å². The second-order valence-electron chi connectivity index (χ2n) is 6.42. The van der Waals surface area contributed by atoms with Crippen LogP contribution in [0.3, 0.4) is 0 Å². The van der Waals surface area contributed by atoms with Crippen LogP contribution in [0.2, 0.25) is 0 Å². The molecule has 1 aromatic heterocycles. The number of Topliss-reactive ketones (excluding diaryl/α,β-unsaturated/α-hetero) is 1. The molecule has 0 radical (unpaired) electrons. The Morgan fingerprint density at radius 3 is 2.64 bits per heavy atom. The molecule has 0 atom stereocenters. The summed E-state index contributed by atoms with van der Waals surface area (Å²) in [5, 5.41) is 6.15. The van der Waals surface area contributed by atoms with Gasteiger partial charge in [0.25, 0.3) is 0 Å². The molecule has 1 aliphatic heterocycles. The van der Waals surface area contributed by atoms with Crippen molar-refractivity contribution in [2.45, 2.75) is 12.8 Å². The van der Waals surface area contributed by atoms with E-state index in [1.165, 1.54) is 6.07 Å². The molecule has 1 aliphatic rings. The van der Waals surface area contributed by atoms with Crippen LogP contribution < -0.4 is 5.63 Å². The van der Waals surface area contributed by atoms with Gasteiger partial charge in [-0.1, -0.05) is 36.4 Å². The fourth-order valence-electron chi connectivity index (χ4n) is 3.06. The Hall–Kier alpha value is -2.81. The fourth-order valence-corrected chi connectivity index (χ4v) is 3.53. The highest BCUT2D eigenvalue weighted by molar-refractivity contribution is 14.1. The minimum atomic E-state index is -0.712. The second-order valence-corrected chi connectivity index (χ2v) is 7.66. The van der Waals surface area contributed by atoms with Crippen LogP contribution in [-0.4, -0.2) is 29.0 Å². The molecule has 0 aliphatic carbocycles. The maximum Gasteiger partial charge on any atom is 0.347 e. The normalized spacial score (nSPS) is 14.2. The summed E-state index contributed by atoms with van der Waals surface area (Å²) in [5.74, 6) is -0.742. The van der Waals surface area contributed by atoms with Crippen LogP contribution in [0.4, 0.5) is 0 Å². The zero-order chi connectivity index (χ0) is 19.7. The molecule has 7 heteroatoms. The number of fused-ring (bicyclic) bond motifs is 1. The number of halogens is 1. The van der Waals surface area contributed by atoms with Crippen molar-refractivity contribution in [2.75, 3.05) is 6.54 Å². The van der Waals surface area contributed by atoms with E-state index in [2.05, 4.69) is 27.7 Å². The van der Waals surface area contributed by atoms with Crippen molar-refractivity contribution in [3.8, 4) is 0 Å². The van der Waals surface area contributed by atoms with Crippen molar-refractivity contribution >= 4 is 51.0 Å². The number of rotatable bonds is 4. The molecule has 0 spiro atoms. The van der Waals surface area contributed by atoms with E-state index in [1.54, 1.807) is 12.1 Å². The van der Waals surface area contributed by atoms with Crippen molar-refractivity contribution in [3.63, 3.8) is 0 Å². The lowest BCUT2D eigenvalue weighted by atomic mass is 10.0. The standard InChI is InChI=1S/C21H15IN2O4/c22-15-7-6-14-10-16(21(27)28-19(14)11-15)18(25)12-24-20(26)9-8-17(23-24)13-4-2-1-3-5-13/h1-7,10-11H,8-9,12H2. The molecule has 6 nitrogen and oxygen atoms in total. The van der Waals surface area contributed by atoms with Crippen LogP contribution in [0.5, 0.6) is 0 Å². The molecule has 0 fully saturated rings. The average molecular weight is 486 g/mol. The largest absolute Gasteiger partial charge is 0.422 e. The van der Waals surface area contributed by atoms with Gasteiger partial charge >= 0.3 is 5.63 Å². The number of hydrazone groups is 1. The predicted molar refractivity (Wildman–Crippen MR) is 113 cm³/mol. The molecular weight excluding hydrogens is 471 g/mol. The maximum atomic E-state index is 12.7. The molecule has 3 aromatic rings. The zero-order valence-corrected chi connectivity index (χ0v) is 16.9. The molecule has 4 rings (SSSR count). The highest BCUT2D eigenvalue weighted by atomic mass is 127. The van der Waals surface area contributed by atoms with E-state index in [-0.39, 0.29) is 24.4 Å². The van der Waals surface area contributed by atoms with E-state index >= 15 is 0 Å². The van der Waals surface area contributed by atoms with Crippen molar-refractivity contribution in [2.24, 2.45) is 5.10 Å². The van der Waals surface area contributed by atoms with E-state index in [9.17, 15) is 14.4 Å². The van der Waals surface area contributed by atoms with Crippen LogP contribution >= 0.6 is 22.6 Å². The Morgan fingerprint density at radius 2 is 1.86 bits per heavy atom. The summed E-state index contributed by atoms with van der Waals surface area (Å²) in [7, 11) is 0. The third kappa shape index (κ3) is 3.75. The van der Waals surface area contributed by atoms with Crippen LogP contribution in [-0.2, 0) is 4.79 Å². The minimum absolute atomic E-state index is 0.0801. The second kappa shape index (κ2) is 7.67. The van der Waals surface area contributed by atoms with Gasteiger partial charge in [-0.15, -0.1) is 0 Å². The van der Waals surface area contributed by atoms with Gasteiger partial charge in [-0.25, -0.2) is 9.80 Å². The summed E-state index contributed by atoms with van der Waals surface area (Å²) in [5.41, 5.74) is 1.28. The number of carbonyl (C=O) groups is 2. The topological polar surface area (TPSA) is 80.0 Å². The molecular formula is C21H15IN2O4. The lowest BCUT2D eigenvalue weighted by molar-refractivity contribution is -0.131. The summed E-state index contributed by atoms with van der Waals surface area (Å²) in [6, 6.07) is 16.4. The van der Waals surface area contributed by atoms with Crippen LogP contribution in [0.25, 0.3) is 11.0 Å². The third-order valence-corrected chi connectivity index (χ3v) is 5.17. The van der Waals surface area contributed by atoms with E-state index in [0.29, 0.717) is 17.4 Å². The first-order valence-corrected chi connectivity index (χ1v) is 9.79. The highest BCUT2D eigenvalue weighted by Gasteiger charge is 2.25. The predicted octanol–water partition coefficient (Wildman–Crippen LogP) is 3.61. The molecule has 2 heterocycles. The van der Waals surface area contributed by atoms with Crippen LogP contribution in [0, 0.1) is 3.57 Å². The van der Waals surface area contributed by atoms with Crippen LogP contribution in [0.15, 0.2) is 68.9 Å². The number of amides is 1. The highest BCUT2D eigenvalue weighted by Crippen LogP contribution is 2.19. The van der Waals surface area contributed by atoms with Gasteiger partial charge in [0.1, 0.15) is 17.7 Å². The van der Waals surface area contributed by atoms with Gasteiger partial charge in [0.15, 0.2) is 5.78 Å². The summed E-state index contributed by atoms with van der Waals surface area (Å²) in [6.07, 6.45) is 0.788. The van der Waals surface area contributed by atoms with Crippen molar-refractivity contribution in [3.05, 3.63) is 79.7 Å². The van der Waals surface area contributed by atoms with E-state index in [4.69, 9.17) is 4.42 Å². The number of benzene rings is 2. The summed E-state index contributed by atoms with van der Waals surface area (Å²) in [6.45, 7) is -0.296. The van der Waals surface area contributed by atoms with Gasteiger partial charge in [-0.2, -0.15) is 5.10 Å². The number of hydrogen-bond donors (Lipinski definition) is 0. The quantitative estimate of drug-likeness (QED) is 0.321. The molecule has 0 saturated heterocycles. The van der Waals surface area contributed by atoms with E-state index < -0.39 is 11.4 Å². The molecule has 140 valence electrons. The van der Waals surface area contributed by atoms with Gasteiger partial charge in [0, 0.05) is 21.8 Å². The number of carbonyl (C=O) groups excluding carboxylic acids is 2. The molecule has 0 saturated carbocycles. The minimum Gasteiger partial charge on any atom is -0.422 e. The zero-order valence-electron chi connectivity index (χ0n) is 14.7. The third-order valence-electron chi connectivity index (χ3n) is 4.50. The first kappa shape index (κ1) is 18.5. The first-order chi connectivity index (χ1) is 13.5. The molecule has 0 unspecified atom stereocenters. The Bertz CT molecular complexity index is 1170. The lowest BCUT2D eigenvalue weighted by Gasteiger charge is -2.23. The summed E-state index contributed by atoms with van der Waals surface area (Å²) >= 11 is 2.12. The summed E-state index contributed by atoms with van der Waals surface area (Å²) in [4.78, 5) is 37.2. The van der Waals surface area contributed by atoms with Crippen LogP contribution in [0.1, 0.15) is 28.8 Å². The lowest BCUT2D eigenvalue weighted by Crippen LogP contribution is -2.37. The monoisotopic (exact) mass is 486 g/mol. The van der Waals surface area contributed by atoms with Gasteiger partial charge in [-0.05, 0) is 46.4 Å². The first-order valence-electron chi connectivity index (χ1n) is 8.71. The van der Waals surface area contributed by atoms with E-state index in [1.807, 2.05) is 36.4 Å². The Morgan fingerprint density at radius 1 is 1.07 bits per heavy atom. The Balaban J connectivity index is 1.63. The molecule has 2 aromatic carbocycles. The molecule has 0 bridgehead atoms. The number of hydrogen-bond acceptors (Lipinski definition) is 5. The summed E-state index contributed by atoms with van der Waals surface area (Å²) < 4.78 is 6.21. The number of nitrogens with zero attached hydrogens (tertiary/aromatic N) is 2. The Kier molecular flexibility index (Phi) is 5.08. The molecule has 28 heavy (non-hydrogen) atoms. The fraction of sp³-hybridized carbons (Fsp3) is 0.143. The Labute approximate surface area is 174 Å². The molecule has 1 amide bonds. The maximum absolute atomic E-state index is 12.7. The molecule has 0 N–H and O–H groups in total. The van der Waals surface area contributed by atoms with Gasteiger partial charge in [0.2, 0.25) is 5.91 Å². The number of ketones is 1. The van der Waals surface area contributed by atoms with Crippen molar-refractivity contribution in [1.82, 2.24) is 5.01 Å². The van der Waals surface area contributed by atoms with Crippen molar-refractivity contribution in [1.29, 1.82) is 0 Å². The SMILES string of the molecule is O=C(CN1N=C(c2ccccc2)CCC1=O)c1cc2ccc(I)cc2oc1=O. The smallest absolute Gasteiger partial charge is 0.347 e. The van der Waals surface area contributed by atoms with Crippen molar-refractivity contribution < 1.29 is 14.0 Å². The van der Waals surface area contributed by atoms with E-state index in [0.717, 1.165) is 19.9 Å². The average Bonchev–Trinajstić information content (AvgIpc) is 2.69. The van der Waals surface area contributed by atoms with Gasteiger partial charge < -0.3 is 4.42 Å².